The van der Waals surface area contributed by atoms with E-state index in [0.29, 0.717) is 24.4 Å². The highest BCUT2D eigenvalue weighted by Gasteiger charge is 2.40. The summed E-state index contributed by atoms with van der Waals surface area (Å²) in [5.74, 6) is -0.296. The van der Waals surface area contributed by atoms with Crippen molar-refractivity contribution in [2.75, 3.05) is 13.1 Å². The van der Waals surface area contributed by atoms with Gasteiger partial charge in [-0.25, -0.2) is 0 Å². The lowest BCUT2D eigenvalue weighted by Crippen LogP contribution is -2.52. The van der Waals surface area contributed by atoms with Gasteiger partial charge in [0.25, 0.3) is 5.91 Å². The van der Waals surface area contributed by atoms with Crippen LogP contribution in [0.5, 0.6) is 0 Å². The van der Waals surface area contributed by atoms with Crippen molar-refractivity contribution in [1.82, 2.24) is 15.1 Å². The van der Waals surface area contributed by atoms with Gasteiger partial charge in [0.2, 0.25) is 11.8 Å². The summed E-state index contributed by atoms with van der Waals surface area (Å²) in [6, 6.07) is 5.40. The Morgan fingerprint density at radius 1 is 1.23 bits per heavy atom. The molecule has 7 heteroatoms. The monoisotopic (exact) mass is 356 g/mol. The number of hydrogen-bond donors (Lipinski definition) is 2. The van der Waals surface area contributed by atoms with Crippen molar-refractivity contribution in [2.45, 2.75) is 44.9 Å². The molecule has 7 nitrogen and oxygen atoms in total. The Bertz CT molecular complexity index is 768. The van der Waals surface area contributed by atoms with E-state index in [-0.39, 0.29) is 30.2 Å². The van der Waals surface area contributed by atoms with Crippen LogP contribution in [0.15, 0.2) is 18.2 Å². The second-order valence-electron chi connectivity index (χ2n) is 7.68. The summed E-state index contributed by atoms with van der Waals surface area (Å²) in [6.45, 7) is 5.16. The molecule has 3 aliphatic heterocycles. The topological polar surface area (TPSA) is 95.7 Å². The smallest absolute Gasteiger partial charge is 0.255 e. The van der Waals surface area contributed by atoms with Crippen molar-refractivity contribution in [3.05, 3.63) is 34.9 Å². The lowest BCUT2D eigenvalue weighted by atomic mass is 10.0. The normalized spacial score (nSPS) is 29.2. The highest BCUT2D eigenvalue weighted by Crippen LogP contribution is 2.31. The summed E-state index contributed by atoms with van der Waals surface area (Å²) in [5, 5.41) is 2.34. The second kappa shape index (κ2) is 6.48. The Morgan fingerprint density at radius 3 is 2.73 bits per heavy atom. The van der Waals surface area contributed by atoms with Crippen LogP contribution in [-0.2, 0) is 22.7 Å². The second-order valence-corrected chi connectivity index (χ2v) is 7.68. The molecule has 3 heterocycles. The highest BCUT2D eigenvalue weighted by atomic mass is 16.2. The van der Waals surface area contributed by atoms with Crippen molar-refractivity contribution in [3.8, 4) is 0 Å². The number of piperidine rings is 1. The summed E-state index contributed by atoms with van der Waals surface area (Å²) in [5.41, 5.74) is 8.91. The molecular weight excluding hydrogens is 332 g/mol. The minimum atomic E-state index is -0.569. The van der Waals surface area contributed by atoms with Gasteiger partial charge >= 0.3 is 0 Å². The maximum Gasteiger partial charge on any atom is 0.255 e. The van der Waals surface area contributed by atoms with Gasteiger partial charge in [0, 0.05) is 44.2 Å². The molecule has 3 N–H and O–H groups in total. The number of amides is 3. The van der Waals surface area contributed by atoms with E-state index in [2.05, 4.69) is 23.2 Å². The fourth-order valence-corrected chi connectivity index (χ4v) is 4.26. The third kappa shape index (κ3) is 2.91. The lowest BCUT2D eigenvalue weighted by Gasteiger charge is -2.29. The Hall–Kier alpha value is -2.25. The molecule has 1 aromatic rings. The van der Waals surface area contributed by atoms with Gasteiger partial charge < -0.3 is 10.6 Å². The Kier molecular flexibility index (Phi) is 4.28. The van der Waals surface area contributed by atoms with Crippen LogP contribution in [0.3, 0.4) is 0 Å². The van der Waals surface area contributed by atoms with Gasteiger partial charge in [0.05, 0.1) is 0 Å². The number of nitrogens with two attached hydrogens (primary N) is 1. The maximum absolute atomic E-state index is 12.8. The quantitative estimate of drug-likeness (QED) is 0.756. The maximum atomic E-state index is 12.8. The standard InChI is InChI=1S/C19H24N4O3/c1-11-7-22(10-15(11)20)8-12-3-2-4-13-14(12)9-23(19(13)26)16-5-6-17(24)21-18(16)25/h2-4,11,15-16H,5-10,20H2,1H3,(H,21,24,25)/t11-,15-,16?/m1/s1. The number of carbonyl (C=O) groups is 3. The molecular formula is C19H24N4O3. The van der Waals surface area contributed by atoms with Crippen LogP contribution in [0.4, 0.5) is 0 Å². The first kappa shape index (κ1) is 17.2. The molecule has 138 valence electrons. The van der Waals surface area contributed by atoms with Crippen LogP contribution in [-0.4, -0.2) is 52.7 Å². The highest BCUT2D eigenvalue weighted by molar-refractivity contribution is 6.05. The van der Waals surface area contributed by atoms with E-state index in [1.54, 1.807) is 4.90 Å². The molecule has 0 spiro atoms. The minimum absolute atomic E-state index is 0.122. The first-order valence-corrected chi connectivity index (χ1v) is 9.17. The molecule has 3 atom stereocenters. The number of nitrogens with one attached hydrogen (secondary N) is 1. The Labute approximate surface area is 152 Å². The average molecular weight is 356 g/mol. The van der Waals surface area contributed by atoms with Crippen LogP contribution in [0, 0.1) is 5.92 Å². The summed E-state index contributed by atoms with van der Waals surface area (Å²) in [7, 11) is 0. The fraction of sp³-hybridized carbons (Fsp3) is 0.526. The average Bonchev–Trinajstić information content (AvgIpc) is 3.09. The molecule has 4 rings (SSSR count). The van der Waals surface area contributed by atoms with Crippen LogP contribution in [0.1, 0.15) is 41.3 Å². The summed E-state index contributed by atoms with van der Waals surface area (Å²) >= 11 is 0. The largest absolute Gasteiger partial charge is 0.326 e. The van der Waals surface area contributed by atoms with Crippen molar-refractivity contribution in [3.63, 3.8) is 0 Å². The third-order valence-corrected chi connectivity index (χ3v) is 5.82. The summed E-state index contributed by atoms with van der Waals surface area (Å²) in [6.07, 6.45) is 0.658. The van der Waals surface area contributed by atoms with Crippen molar-refractivity contribution >= 4 is 17.7 Å². The van der Waals surface area contributed by atoms with Gasteiger partial charge in [-0.15, -0.1) is 0 Å². The van der Waals surface area contributed by atoms with Crippen LogP contribution in [0.25, 0.3) is 0 Å². The molecule has 1 unspecified atom stereocenters. The van der Waals surface area contributed by atoms with E-state index in [1.807, 2.05) is 12.1 Å². The van der Waals surface area contributed by atoms with Crippen molar-refractivity contribution < 1.29 is 14.4 Å². The van der Waals surface area contributed by atoms with Gasteiger partial charge in [0.15, 0.2) is 0 Å². The van der Waals surface area contributed by atoms with E-state index in [1.165, 1.54) is 0 Å². The predicted molar refractivity (Wildman–Crippen MR) is 94.9 cm³/mol. The fourth-order valence-electron chi connectivity index (χ4n) is 4.26. The summed E-state index contributed by atoms with van der Waals surface area (Å²) < 4.78 is 0. The SMILES string of the molecule is C[C@@H]1CN(Cc2cccc3c2CN(C2CCC(=O)NC2=O)C3=O)C[C@H]1N. The van der Waals surface area contributed by atoms with Crippen molar-refractivity contribution in [2.24, 2.45) is 11.7 Å². The minimum Gasteiger partial charge on any atom is -0.326 e. The molecule has 0 aliphatic carbocycles. The zero-order valence-corrected chi connectivity index (χ0v) is 14.9. The number of likely N-dealkylation sites (tertiary alicyclic amines) is 1. The number of imide groups is 1. The molecule has 2 fully saturated rings. The van der Waals surface area contributed by atoms with Gasteiger partial charge in [0.1, 0.15) is 6.04 Å². The van der Waals surface area contributed by atoms with Crippen molar-refractivity contribution in [1.29, 1.82) is 0 Å². The molecule has 0 bridgehead atoms. The van der Waals surface area contributed by atoms with Gasteiger partial charge in [-0.1, -0.05) is 19.1 Å². The molecule has 26 heavy (non-hydrogen) atoms. The molecule has 1 aromatic carbocycles. The third-order valence-electron chi connectivity index (χ3n) is 5.82. The molecule has 3 aliphatic rings. The molecule has 0 aromatic heterocycles. The molecule has 0 saturated carbocycles. The summed E-state index contributed by atoms with van der Waals surface area (Å²) in [4.78, 5) is 40.3. The molecule has 2 saturated heterocycles. The van der Waals surface area contributed by atoms with E-state index >= 15 is 0 Å². The molecule has 3 amide bonds. The zero-order valence-electron chi connectivity index (χ0n) is 14.9. The molecule has 0 radical (unpaired) electrons. The Balaban J connectivity index is 1.55. The first-order chi connectivity index (χ1) is 12.4. The number of carbonyl (C=O) groups excluding carboxylic acids is 3. The van der Waals surface area contributed by atoms with Gasteiger partial charge in [-0.2, -0.15) is 0 Å². The van der Waals surface area contributed by atoms with Crippen LogP contribution < -0.4 is 11.1 Å². The van der Waals surface area contributed by atoms with Crippen LogP contribution >= 0.6 is 0 Å². The number of hydrogen-bond acceptors (Lipinski definition) is 5. The van der Waals surface area contributed by atoms with E-state index < -0.39 is 6.04 Å². The number of nitrogens with zero attached hydrogens (tertiary/aromatic N) is 2. The lowest BCUT2D eigenvalue weighted by molar-refractivity contribution is -0.136. The predicted octanol–water partition coefficient (Wildman–Crippen LogP) is 0.227. The number of fused-ring (bicyclic) bond motifs is 1. The van der Waals surface area contributed by atoms with Crippen LogP contribution in [0.2, 0.25) is 0 Å². The van der Waals surface area contributed by atoms with Gasteiger partial charge in [-0.3, -0.25) is 24.6 Å². The van der Waals surface area contributed by atoms with E-state index in [9.17, 15) is 14.4 Å². The zero-order chi connectivity index (χ0) is 18.4. The number of rotatable bonds is 3. The van der Waals surface area contributed by atoms with E-state index in [4.69, 9.17) is 5.73 Å². The van der Waals surface area contributed by atoms with E-state index in [0.717, 1.165) is 30.8 Å². The number of benzene rings is 1. The van der Waals surface area contributed by atoms with Gasteiger partial charge in [-0.05, 0) is 29.5 Å². The Morgan fingerprint density at radius 2 is 2.04 bits per heavy atom. The first-order valence-electron chi connectivity index (χ1n) is 9.17.